The van der Waals surface area contributed by atoms with E-state index in [0.29, 0.717) is 5.02 Å². The lowest BCUT2D eigenvalue weighted by atomic mass is 9.78. The van der Waals surface area contributed by atoms with Gasteiger partial charge in [0.15, 0.2) is 0 Å². The number of carbonyl (C=O) groups is 1. The van der Waals surface area contributed by atoms with Crippen molar-refractivity contribution in [1.29, 1.82) is 0 Å². The first-order valence-electron chi connectivity index (χ1n) is 7.65. The van der Waals surface area contributed by atoms with Crippen LogP contribution in [0, 0.1) is 0 Å². The lowest BCUT2D eigenvalue weighted by Gasteiger charge is -2.31. The molecule has 1 saturated carbocycles. The quantitative estimate of drug-likeness (QED) is 0.845. The number of hydrogen-bond acceptors (Lipinski definition) is 3. The summed E-state index contributed by atoms with van der Waals surface area (Å²) in [6.45, 7) is 2.01. The number of aliphatic hydroxyl groups is 1. The van der Waals surface area contributed by atoms with Crippen molar-refractivity contribution in [1.82, 2.24) is 5.32 Å². The Kier molecular flexibility index (Phi) is 5.48. The molecule has 1 amide bonds. The number of rotatable bonds is 6. The van der Waals surface area contributed by atoms with E-state index in [4.69, 9.17) is 16.3 Å². The summed E-state index contributed by atoms with van der Waals surface area (Å²) in [5, 5.41) is 13.7. The average Bonchev–Trinajstić information content (AvgIpc) is 2.96. The molecule has 1 aromatic rings. The zero-order valence-corrected chi connectivity index (χ0v) is 13.9. The summed E-state index contributed by atoms with van der Waals surface area (Å²) in [6.07, 6.45) is 3.72. The van der Waals surface area contributed by atoms with Crippen LogP contribution in [-0.4, -0.2) is 36.9 Å². The summed E-state index contributed by atoms with van der Waals surface area (Å²) in [6, 6.07) is 7.51. The summed E-state index contributed by atoms with van der Waals surface area (Å²) >= 11 is 5.95. The van der Waals surface area contributed by atoms with Crippen LogP contribution in [0.15, 0.2) is 24.3 Å². The van der Waals surface area contributed by atoms with Gasteiger partial charge in [-0.05, 0) is 37.5 Å². The summed E-state index contributed by atoms with van der Waals surface area (Å²) in [7, 11) is 1.53. The van der Waals surface area contributed by atoms with Crippen LogP contribution < -0.4 is 5.32 Å². The molecule has 0 unspecified atom stereocenters. The van der Waals surface area contributed by atoms with Crippen LogP contribution in [0.4, 0.5) is 0 Å². The molecule has 1 fully saturated rings. The number of amides is 1. The van der Waals surface area contributed by atoms with Crippen molar-refractivity contribution in [2.45, 2.75) is 43.6 Å². The van der Waals surface area contributed by atoms with Crippen LogP contribution in [-0.2, 0) is 14.9 Å². The van der Waals surface area contributed by atoms with E-state index < -0.39 is 11.0 Å². The fourth-order valence-electron chi connectivity index (χ4n) is 3.20. The predicted octanol–water partition coefficient (Wildman–Crippen LogP) is 2.67. The first kappa shape index (κ1) is 17.3. The van der Waals surface area contributed by atoms with E-state index in [0.717, 1.165) is 31.2 Å². The third-order valence-electron chi connectivity index (χ3n) is 4.37. The molecule has 1 aliphatic carbocycles. The lowest BCUT2D eigenvalue weighted by Crippen LogP contribution is -2.49. The van der Waals surface area contributed by atoms with Gasteiger partial charge in [0.05, 0.1) is 12.0 Å². The van der Waals surface area contributed by atoms with Crippen LogP contribution in [0.3, 0.4) is 0 Å². The summed E-state index contributed by atoms with van der Waals surface area (Å²) in [4.78, 5) is 12.8. The van der Waals surface area contributed by atoms with Gasteiger partial charge in [-0.3, -0.25) is 4.79 Å². The van der Waals surface area contributed by atoms with Crippen LogP contribution in [0.2, 0.25) is 5.02 Å². The first-order chi connectivity index (χ1) is 10.4. The fraction of sp³-hybridized carbons (Fsp3) is 0.588. The van der Waals surface area contributed by atoms with Gasteiger partial charge in [0.2, 0.25) is 5.91 Å². The number of benzene rings is 1. The second kappa shape index (κ2) is 6.99. The molecule has 2 N–H and O–H groups in total. The molecule has 122 valence electrons. The molecule has 5 heteroatoms. The van der Waals surface area contributed by atoms with Gasteiger partial charge < -0.3 is 15.2 Å². The van der Waals surface area contributed by atoms with Gasteiger partial charge >= 0.3 is 0 Å². The zero-order valence-electron chi connectivity index (χ0n) is 13.2. The summed E-state index contributed by atoms with van der Waals surface area (Å²) in [5.74, 6) is -0.0244. The minimum absolute atomic E-state index is 0.0244. The van der Waals surface area contributed by atoms with Crippen molar-refractivity contribution in [3.8, 4) is 0 Å². The molecular formula is C17H24ClNO3. The van der Waals surface area contributed by atoms with E-state index in [9.17, 15) is 9.90 Å². The minimum atomic E-state index is -1.07. The standard InChI is InChI=1S/C17H24ClNO3/c1-16(21,12-22-2)11-19-15(20)17(9-3-4-10-17)13-5-7-14(18)8-6-13/h5-8,21H,3-4,9-12H2,1-2H3,(H,19,20)/t16-/m1/s1. The molecule has 0 spiro atoms. The van der Waals surface area contributed by atoms with Gasteiger partial charge in [-0.1, -0.05) is 36.6 Å². The molecule has 0 radical (unpaired) electrons. The maximum atomic E-state index is 12.8. The van der Waals surface area contributed by atoms with Crippen LogP contribution in [0.1, 0.15) is 38.2 Å². The number of hydrogen-bond donors (Lipinski definition) is 2. The monoisotopic (exact) mass is 325 g/mol. The van der Waals surface area contributed by atoms with Gasteiger partial charge in [0.1, 0.15) is 5.60 Å². The topological polar surface area (TPSA) is 58.6 Å². The van der Waals surface area contributed by atoms with Crippen molar-refractivity contribution in [2.75, 3.05) is 20.3 Å². The highest BCUT2D eigenvalue weighted by molar-refractivity contribution is 6.30. The SMILES string of the molecule is COC[C@](C)(O)CNC(=O)C1(c2ccc(Cl)cc2)CCCC1. The molecule has 0 heterocycles. The highest BCUT2D eigenvalue weighted by Gasteiger charge is 2.43. The Morgan fingerprint density at radius 3 is 2.50 bits per heavy atom. The van der Waals surface area contributed by atoms with Crippen molar-refractivity contribution in [3.63, 3.8) is 0 Å². The van der Waals surface area contributed by atoms with Crippen LogP contribution in [0.5, 0.6) is 0 Å². The highest BCUT2D eigenvalue weighted by atomic mass is 35.5. The van der Waals surface area contributed by atoms with Gasteiger partial charge in [0.25, 0.3) is 0 Å². The van der Waals surface area contributed by atoms with Crippen molar-refractivity contribution in [3.05, 3.63) is 34.9 Å². The van der Waals surface area contributed by atoms with Gasteiger partial charge in [-0.15, -0.1) is 0 Å². The molecule has 0 bridgehead atoms. The Hall–Kier alpha value is -1.10. The normalized spacial score (nSPS) is 19.6. The molecule has 1 aliphatic rings. The van der Waals surface area contributed by atoms with Crippen molar-refractivity contribution < 1.29 is 14.6 Å². The van der Waals surface area contributed by atoms with E-state index >= 15 is 0 Å². The second-order valence-corrected chi connectivity index (χ2v) is 6.85. The van der Waals surface area contributed by atoms with E-state index in [1.54, 1.807) is 6.92 Å². The molecule has 0 saturated heterocycles. The van der Waals surface area contributed by atoms with Crippen LogP contribution in [0.25, 0.3) is 0 Å². The Balaban J connectivity index is 2.14. The molecular weight excluding hydrogens is 302 g/mol. The number of ether oxygens (including phenoxy) is 1. The number of halogens is 1. The first-order valence-corrected chi connectivity index (χ1v) is 8.03. The molecule has 1 aromatic carbocycles. The highest BCUT2D eigenvalue weighted by Crippen LogP contribution is 2.41. The summed E-state index contributed by atoms with van der Waals surface area (Å²) in [5.41, 5.74) is -0.573. The zero-order chi connectivity index (χ0) is 16.2. The Bertz CT molecular complexity index is 507. The van der Waals surface area contributed by atoms with E-state index in [-0.39, 0.29) is 19.1 Å². The fourth-order valence-corrected chi connectivity index (χ4v) is 3.32. The molecule has 22 heavy (non-hydrogen) atoms. The Morgan fingerprint density at radius 1 is 1.36 bits per heavy atom. The van der Waals surface area contributed by atoms with Crippen molar-refractivity contribution in [2.24, 2.45) is 0 Å². The Labute approximate surface area is 136 Å². The van der Waals surface area contributed by atoms with Gasteiger partial charge in [-0.25, -0.2) is 0 Å². The molecule has 1 atom stereocenters. The second-order valence-electron chi connectivity index (χ2n) is 6.41. The smallest absolute Gasteiger partial charge is 0.230 e. The number of nitrogens with one attached hydrogen (secondary N) is 1. The van der Waals surface area contributed by atoms with Crippen LogP contribution >= 0.6 is 11.6 Å². The summed E-state index contributed by atoms with van der Waals surface area (Å²) < 4.78 is 4.97. The van der Waals surface area contributed by atoms with E-state index in [2.05, 4.69) is 5.32 Å². The predicted molar refractivity (Wildman–Crippen MR) is 87.1 cm³/mol. The van der Waals surface area contributed by atoms with Gasteiger partial charge in [-0.2, -0.15) is 0 Å². The van der Waals surface area contributed by atoms with E-state index in [1.165, 1.54) is 7.11 Å². The largest absolute Gasteiger partial charge is 0.386 e. The van der Waals surface area contributed by atoms with E-state index in [1.807, 2.05) is 24.3 Å². The molecule has 4 nitrogen and oxygen atoms in total. The minimum Gasteiger partial charge on any atom is -0.386 e. The maximum Gasteiger partial charge on any atom is 0.230 e. The third kappa shape index (κ3) is 3.80. The lowest BCUT2D eigenvalue weighted by molar-refractivity contribution is -0.128. The van der Waals surface area contributed by atoms with Crippen molar-refractivity contribution >= 4 is 17.5 Å². The van der Waals surface area contributed by atoms with Gasteiger partial charge in [0, 0.05) is 18.7 Å². The number of methoxy groups -OCH3 is 1. The average molecular weight is 326 g/mol. The molecule has 0 aliphatic heterocycles. The molecule has 2 rings (SSSR count). The molecule has 0 aromatic heterocycles. The Morgan fingerprint density at radius 2 is 1.95 bits per heavy atom. The maximum absolute atomic E-state index is 12.8. The number of carbonyl (C=O) groups excluding carboxylic acids is 1. The third-order valence-corrected chi connectivity index (χ3v) is 4.63.